The molecule has 0 fully saturated rings. The Labute approximate surface area is 68.6 Å². The maximum absolute atomic E-state index is 9.10. The third kappa shape index (κ3) is 2.96. The van der Waals surface area contributed by atoms with Crippen LogP contribution in [0.2, 0.25) is 0 Å². The van der Waals surface area contributed by atoms with Gasteiger partial charge in [-0.1, -0.05) is 0 Å². The van der Waals surface area contributed by atoms with Gasteiger partial charge in [0.1, 0.15) is 0 Å². The highest BCUT2D eigenvalue weighted by atomic mass is 32.3. The summed E-state index contributed by atoms with van der Waals surface area (Å²) < 4.78 is 19.3. The molecular formula is C5H15N3O2S. The minimum Gasteiger partial charge on any atom is -0.348 e. The number of guanidine groups is 1. The molecule has 0 spiro atoms. The predicted molar refractivity (Wildman–Crippen MR) is 47.9 cm³/mol. The van der Waals surface area contributed by atoms with Crippen LogP contribution in [0, 0.1) is 5.41 Å². The molecule has 0 aliphatic heterocycles. The van der Waals surface area contributed by atoms with Crippen molar-refractivity contribution in [3.8, 4) is 0 Å². The fourth-order valence-corrected chi connectivity index (χ4v) is 0.936. The second-order valence-corrected chi connectivity index (χ2v) is 4.64. The molecule has 0 heterocycles. The Bertz CT molecular complexity index is 154. The topological polar surface area (TPSA) is 70.8 Å². The van der Waals surface area contributed by atoms with Crippen LogP contribution in [0.25, 0.3) is 0 Å². The van der Waals surface area contributed by atoms with Gasteiger partial charge in [0.05, 0.1) is 0 Å². The Kier molecular flexibility index (Phi) is 3.15. The van der Waals surface area contributed by atoms with E-state index in [-0.39, 0.29) is 5.96 Å². The standard InChI is InChI=1S/C5H15N3O2S/c1-7(2)5(6)8(3)11(4,9)10/h6,9-10H,1-4H3. The number of nitrogens with one attached hydrogen (secondary N) is 1. The highest BCUT2D eigenvalue weighted by Crippen LogP contribution is 2.36. The molecule has 0 amide bonds. The zero-order valence-corrected chi connectivity index (χ0v) is 8.01. The molecule has 6 heteroatoms. The van der Waals surface area contributed by atoms with Crippen LogP contribution in [0.15, 0.2) is 0 Å². The van der Waals surface area contributed by atoms with Crippen molar-refractivity contribution in [3.63, 3.8) is 0 Å². The second-order valence-electron chi connectivity index (χ2n) is 2.51. The van der Waals surface area contributed by atoms with Gasteiger partial charge in [-0.15, -0.1) is 10.8 Å². The van der Waals surface area contributed by atoms with Crippen LogP contribution >= 0.6 is 10.8 Å². The molecule has 0 aliphatic rings. The molecule has 0 saturated carbocycles. The van der Waals surface area contributed by atoms with Gasteiger partial charge in [0, 0.05) is 27.4 Å². The van der Waals surface area contributed by atoms with E-state index in [2.05, 4.69) is 0 Å². The summed E-state index contributed by atoms with van der Waals surface area (Å²) in [7, 11) is 2.03. The SMILES string of the molecule is CN(C)C(=N)N(C)S(C)(O)O. The highest BCUT2D eigenvalue weighted by molar-refractivity contribution is 8.22. The van der Waals surface area contributed by atoms with Crippen molar-refractivity contribution in [2.24, 2.45) is 0 Å². The molecular weight excluding hydrogens is 166 g/mol. The summed E-state index contributed by atoms with van der Waals surface area (Å²) in [6.07, 6.45) is 1.28. The monoisotopic (exact) mass is 181 g/mol. The predicted octanol–water partition coefficient (Wildman–Crippen LogP) is 0.710. The lowest BCUT2D eigenvalue weighted by atomic mass is 10.8. The van der Waals surface area contributed by atoms with Gasteiger partial charge in [-0.05, 0) is 0 Å². The van der Waals surface area contributed by atoms with Crippen LogP contribution in [-0.2, 0) is 0 Å². The van der Waals surface area contributed by atoms with Crippen LogP contribution in [0.1, 0.15) is 0 Å². The first kappa shape index (κ1) is 10.5. The Morgan fingerprint density at radius 1 is 1.27 bits per heavy atom. The van der Waals surface area contributed by atoms with Gasteiger partial charge in [-0.2, -0.15) is 0 Å². The van der Waals surface area contributed by atoms with Gasteiger partial charge in [0.2, 0.25) is 5.96 Å². The molecule has 11 heavy (non-hydrogen) atoms. The van der Waals surface area contributed by atoms with E-state index in [9.17, 15) is 0 Å². The first-order valence-electron chi connectivity index (χ1n) is 2.99. The summed E-state index contributed by atoms with van der Waals surface area (Å²) >= 11 is 0. The van der Waals surface area contributed by atoms with E-state index in [0.29, 0.717) is 0 Å². The molecule has 0 unspecified atom stereocenters. The maximum Gasteiger partial charge on any atom is 0.211 e. The average molecular weight is 181 g/mol. The molecule has 0 atom stereocenters. The zero-order valence-electron chi connectivity index (χ0n) is 7.20. The molecule has 0 radical (unpaired) electrons. The van der Waals surface area contributed by atoms with Crippen molar-refractivity contribution in [1.29, 1.82) is 5.41 Å². The molecule has 5 nitrogen and oxygen atoms in total. The van der Waals surface area contributed by atoms with Crippen molar-refractivity contribution in [2.45, 2.75) is 0 Å². The van der Waals surface area contributed by atoms with Gasteiger partial charge in [-0.3, -0.25) is 14.5 Å². The average Bonchev–Trinajstić information content (AvgIpc) is 1.82. The van der Waals surface area contributed by atoms with Crippen LogP contribution in [0.3, 0.4) is 0 Å². The lowest BCUT2D eigenvalue weighted by molar-refractivity contribution is 0.425. The third-order valence-corrected chi connectivity index (χ3v) is 2.45. The quantitative estimate of drug-likeness (QED) is 0.411. The normalized spacial score (nSPS) is 12.5. The fourth-order valence-electron chi connectivity index (χ4n) is 0.445. The van der Waals surface area contributed by atoms with Crippen molar-refractivity contribution < 1.29 is 9.11 Å². The van der Waals surface area contributed by atoms with Crippen LogP contribution < -0.4 is 0 Å². The molecule has 0 aromatic rings. The van der Waals surface area contributed by atoms with Gasteiger partial charge in [0.25, 0.3) is 0 Å². The van der Waals surface area contributed by atoms with E-state index in [4.69, 9.17) is 14.5 Å². The molecule has 3 N–H and O–H groups in total. The number of rotatable bonds is 1. The van der Waals surface area contributed by atoms with E-state index >= 15 is 0 Å². The molecule has 0 aromatic heterocycles. The molecule has 0 aliphatic carbocycles. The Morgan fingerprint density at radius 3 is 1.73 bits per heavy atom. The maximum atomic E-state index is 9.10. The van der Waals surface area contributed by atoms with Gasteiger partial charge >= 0.3 is 0 Å². The summed E-state index contributed by atoms with van der Waals surface area (Å²) in [5.74, 6) is 0.0764. The van der Waals surface area contributed by atoms with Crippen molar-refractivity contribution in [2.75, 3.05) is 27.4 Å². The largest absolute Gasteiger partial charge is 0.348 e. The Hall–Kier alpha value is -0.460. The lowest BCUT2D eigenvalue weighted by Gasteiger charge is -2.39. The summed E-state index contributed by atoms with van der Waals surface area (Å²) in [6.45, 7) is 0. The fraction of sp³-hybridized carbons (Fsp3) is 0.800. The molecule has 0 saturated heterocycles. The van der Waals surface area contributed by atoms with E-state index in [1.807, 2.05) is 0 Å². The first-order chi connectivity index (χ1) is 4.76. The summed E-state index contributed by atoms with van der Waals surface area (Å²) in [5.41, 5.74) is 0. The minimum absolute atomic E-state index is 0.0764. The number of hydrogen-bond acceptors (Lipinski definition) is 3. The minimum atomic E-state index is -2.78. The zero-order chi connectivity index (χ0) is 9.23. The lowest BCUT2D eigenvalue weighted by Crippen LogP contribution is -2.38. The van der Waals surface area contributed by atoms with Crippen molar-refractivity contribution in [1.82, 2.24) is 9.21 Å². The van der Waals surface area contributed by atoms with Gasteiger partial charge in [0.15, 0.2) is 0 Å². The van der Waals surface area contributed by atoms with Gasteiger partial charge in [-0.25, -0.2) is 4.31 Å². The number of nitrogens with zero attached hydrogens (tertiary/aromatic N) is 2. The molecule has 0 bridgehead atoms. The van der Waals surface area contributed by atoms with Crippen LogP contribution in [-0.4, -0.2) is 51.7 Å². The highest BCUT2D eigenvalue weighted by Gasteiger charge is 2.16. The van der Waals surface area contributed by atoms with Crippen LogP contribution in [0.5, 0.6) is 0 Å². The van der Waals surface area contributed by atoms with E-state index in [0.717, 1.165) is 4.31 Å². The van der Waals surface area contributed by atoms with Crippen molar-refractivity contribution >= 4 is 16.7 Å². The molecule has 0 aromatic carbocycles. The summed E-state index contributed by atoms with van der Waals surface area (Å²) in [4.78, 5) is 1.50. The molecule has 68 valence electrons. The number of hydrogen-bond donors (Lipinski definition) is 3. The third-order valence-electron chi connectivity index (χ3n) is 1.24. The van der Waals surface area contributed by atoms with Crippen molar-refractivity contribution in [3.05, 3.63) is 0 Å². The Morgan fingerprint density at radius 2 is 1.64 bits per heavy atom. The van der Waals surface area contributed by atoms with Gasteiger partial charge < -0.3 is 4.90 Å². The smallest absolute Gasteiger partial charge is 0.211 e. The van der Waals surface area contributed by atoms with E-state index < -0.39 is 10.8 Å². The van der Waals surface area contributed by atoms with E-state index in [1.165, 1.54) is 18.2 Å². The summed E-state index contributed by atoms with van der Waals surface area (Å²) in [6, 6.07) is 0. The second kappa shape index (κ2) is 3.29. The summed E-state index contributed by atoms with van der Waals surface area (Å²) in [5, 5.41) is 7.36. The van der Waals surface area contributed by atoms with E-state index in [1.54, 1.807) is 14.1 Å². The molecule has 0 rings (SSSR count). The van der Waals surface area contributed by atoms with Crippen LogP contribution in [0.4, 0.5) is 0 Å². The first-order valence-corrected chi connectivity index (χ1v) is 4.91. The Balaban J connectivity index is 4.26.